The van der Waals surface area contributed by atoms with E-state index in [4.69, 9.17) is 16.5 Å². The summed E-state index contributed by atoms with van der Waals surface area (Å²) in [7, 11) is -14.9. The summed E-state index contributed by atoms with van der Waals surface area (Å²) in [6, 6.07) is 0.858. The van der Waals surface area contributed by atoms with Crippen molar-refractivity contribution in [2.24, 2.45) is 0 Å². The van der Waals surface area contributed by atoms with Crippen LogP contribution in [0.15, 0.2) is 0 Å². The zero-order valence-corrected chi connectivity index (χ0v) is 25.9. The lowest BCUT2D eigenvalue weighted by Gasteiger charge is -2.42. The highest BCUT2D eigenvalue weighted by atomic mass is 28.5. The molecule has 1 fully saturated rings. The number of carbonyl (C=O) groups excluding carboxylic acids is 2. The molecular weight excluding hydrogens is 457 g/mol. The van der Waals surface area contributed by atoms with Gasteiger partial charge in [0.1, 0.15) is 10.8 Å². The largest absolute Gasteiger partial charge is 0.436 e. The third kappa shape index (κ3) is 7.96. The number of hydrogen-bond donors (Lipinski definition) is 0. The molecule has 6 nitrogen and oxygen atoms in total. The number of carbonyl (C=O) groups is 2. The van der Waals surface area contributed by atoms with Crippen molar-refractivity contribution in [1.82, 2.24) is 0 Å². The van der Waals surface area contributed by atoms with Gasteiger partial charge in [-0.15, -0.1) is 0 Å². The summed E-state index contributed by atoms with van der Waals surface area (Å²) in [5, 5.41) is 0.329. The van der Waals surface area contributed by atoms with Crippen LogP contribution in [-0.4, -0.2) is 61.2 Å². The van der Waals surface area contributed by atoms with Crippen LogP contribution in [0.4, 0.5) is 0 Å². The number of hydrogen-bond acceptors (Lipinski definition) is 6. The average molecular weight is 497 g/mol. The second kappa shape index (κ2) is 8.20. The van der Waals surface area contributed by atoms with Crippen LogP contribution >= 0.6 is 0 Å². The maximum absolute atomic E-state index is 13.2. The standard InChI is InChI=1S/C16H40O6Si6/c1-23(2)13-15(17)25(5,6)21-28(11,12)22-26(7,8)16(18)14-24(3,4)20-27(9,10)19-23/h13-14H2,1-12H3. The summed E-state index contributed by atoms with van der Waals surface area (Å²) in [6.07, 6.45) is 0. The van der Waals surface area contributed by atoms with E-state index in [1.54, 1.807) is 0 Å². The minimum absolute atomic E-state index is 0.164. The fourth-order valence-corrected chi connectivity index (χ4v) is 34.5. The van der Waals surface area contributed by atoms with Gasteiger partial charge in [0.15, 0.2) is 16.6 Å². The van der Waals surface area contributed by atoms with Gasteiger partial charge in [-0.1, -0.05) is 0 Å². The molecule has 0 unspecified atom stereocenters. The highest BCUT2D eigenvalue weighted by molar-refractivity contribution is 7.10. The molecule has 0 spiro atoms. The molecule has 0 aromatic rings. The van der Waals surface area contributed by atoms with Gasteiger partial charge < -0.3 is 26.0 Å². The normalized spacial score (nSPS) is 29.7. The van der Waals surface area contributed by atoms with Crippen molar-refractivity contribution in [2.45, 2.75) is 90.7 Å². The number of rotatable bonds is 0. The van der Waals surface area contributed by atoms with Gasteiger partial charge >= 0.3 is 17.1 Å². The fourth-order valence-electron chi connectivity index (χ4n) is 3.99. The Labute approximate surface area is 177 Å². The summed E-state index contributed by atoms with van der Waals surface area (Å²) in [5.74, 6) is 0. The van der Waals surface area contributed by atoms with Crippen LogP contribution in [0, 0.1) is 0 Å². The molecule has 12 heteroatoms. The van der Waals surface area contributed by atoms with Gasteiger partial charge in [-0.3, -0.25) is 0 Å². The van der Waals surface area contributed by atoms with Crippen LogP contribution in [0.3, 0.4) is 0 Å². The molecule has 0 saturated carbocycles. The Kier molecular flexibility index (Phi) is 7.76. The van der Waals surface area contributed by atoms with E-state index in [1.165, 1.54) is 0 Å². The van der Waals surface area contributed by atoms with Crippen LogP contribution in [0.1, 0.15) is 0 Å². The lowest BCUT2D eigenvalue weighted by atomic mass is 10.9. The molecule has 0 aromatic carbocycles. The Hall–Kier alpha value is 0.481. The second-order valence-corrected chi connectivity index (χ2v) is 34.7. The predicted octanol–water partition coefficient (Wildman–Crippen LogP) is 4.51. The molecule has 1 aliphatic rings. The van der Waals surface area contributed by atoms with E-state index in [2.05, 4.69) is 26.2 Å². The minimum Gasteiger partial charge on any atom is -0.436 e. The van der Waals surface area contributed by atoms with Crippen LogP contribution in [0.25, 0.3) is 0 Å². The lowest BCUT2D eigenvalue weighted by Crippen LogP contribution is -2.61. The van der Waals surface area contributed by atoms with Crippen LogP contribution in [0.2, 0.25) is 90.7 Å². The molecule has 0 atom stereocenters. The Bertz CT molecular complexity index is 579. The topological polar surface area (TPSA) is 71.1 Å². The predicted molar refractivity (Wildman–Crippen MR) is 129 cm³/mol. The molecule has 0 aliphatic carbocycles. The van der Waals surface area contributed by atoms with Gasteiger partial charge in [0.05, 0.1) is 0 Å². The lowest BCUT2D eigenvalue weighted by molar-refractivity contribution is -0.112. The van der Waals surface area contributed by atoms with E-state index >= 15 is 0 Å². The zero-order valence-electron chi connectivity index (χ0n) is 19.9. The van der Waals surface area contributed by atoms with Crippen LogP contribution in [-0.2, 0) is 26.0 Å². The van der Waals surface area contributed by atoms with Gasteiger partial charge in [-0.2, -0.15) is 0 Å². The average Bonchev–Trinajstić information content (AvgIpc) is 2.29. The molecule has 0 amide bonds. The Morgan fingerprint density at radius 1 is 0.500 bits per heavy atom. The summed E-state index contributed by atoms with van der Waals surface area (Å²) in [6.45, 7) is 24.0. The Morgan fingerprint density at radius 3 is 1.04 bits per heavy atom. The fraction of sp³-hybridized carbons (Fsp3) is 0.875. The highest BCUT2D eigenvalue weighted by Crippen LogP contribution is 2.30. The van der Waals surface area contributed by atoms with Crippen molar-refractivity contribution in [3.63, 3.8) is 0 Å². The van der Waals surface area contributed by atoms with Crippen molar-refractivity contribution in [3.05, 3.63) is 0 Å². The second-order valence-electron chi connectivity index (χ2n) is 10.9. The molecule has 0 bridgehead atoms. The van der Waals surface area contributed by atoms with E-state index in [-0.39, 0.29) is 10.8 Å². The van der Waals surface area contributed by atoms with Crippen molar-refractivity contribution in [1.29, 1.82) is 0 Å². The first kappa shape index (κ1) is 26.5. The van der Waals surface area contributed by atoms with Crippen molar-refractivity contribution < 1.29 is 26.0 Å². The SMILES string of the molecule is C[Si]1(C)CC(=O)[Si](C)(C)O[Si](C)(C)O[Si](C)(C)C(=O)C[Si](C)(C)O[Si](C)(C)O1. The monoisotopic (exact) mass is 496 g/mol. The first-order valence-electron chi connectivity index (χ1n) is 9.96. The Balaban J connectivity index is 3.37. The third-order valence-electron chi connectivity index (χ3n) is 4.56. The third-order valence-corrected chi connectivity index (χ3v) is 27.0. The smallest absolute Gasteiger partial charge is 0.311 e. The molecule has 28 heavy (non-hydrogen) atoms. The van der Waals surface area contributed by atoms with E-state index in [0.29, 0.717) is 12.1 Å². The maximum atomic E-state index is 13.2. The van der Waals surface area contributed by atoms with Crippen molar-refractivity contribution in [3.8, 4) is 0 Å². The quantitative estimate of drug-likeness (QED) is 0.460. The van der Waals surface area contributed by atoms with Gasteiger partial charge in [0.25, 0.3) is 0 Å². The van der Waals surface area contributed by atoms with Crippen LogP contribution in [0.5, 0.6) is 0 Å². The highest BCUT2D eigenvalue weighted by Gasteiger charge is 2.50. The van der Waals surface area contributed by atoms with E-state index in [9.17, 15) is 9.59 Å². The van der Waals surface area contributed by atoms with Crippen LogP contribution < -0.4 is 0 Å². The Morgan fingerprint density at radius 2 is 0.750 bits per heavy atom. The summed E-state index contributed by atoms with van der Waals surface area (Å²) < 4.78 is 25.9. The van der Waals surface area contributed by atoms with Gasteiger partial charge in [-0.05, 0) is 78.6 Å². The first-order valence-corrected chi connectivity index (χ1v) is 27.6. The molecule has 1 rings (SSSR count). The van der Waals surface area contributed by atoms with Crippen molar-refractivity contribution >= 4 is 61.2 Å². The summed E-state index contributed by atoms with van der Waals surface area (Å²) in [4.78, 5) is 26.3. The maximum Gasteiger partial charge on any atom is 0.311 e. The zero-order chi connectivity index (χ0) is 22.4. The van der Waals surface area contributed by atoms with Gasteiger partial charge in [0, 0.05) is 12.1 Å². The molecule has 0 aromatic heterocycles. The van der Waals surface area contributed by atoms with E-state index in [1.807, 2.05) is 52.4 Å². The van der Waals surface area contributed by atoms with Gasteiger partial charge in [-0.25, -0.2) is 0 Å². The summed E-state index contributed by atoms with van der Waals surface area (Å²) >= 11 is 0. The van der Waals surface area contributed by atoms with Gasteiger partial charge in [0.2, 0.25) is 16.6 Å². The van der Waals surface area contributed by atoms with E-state index in [0.717, 1.165) is 0 Å². The molecule has 1 saturated heterocycles. The molecular formula is C16H40O6Si6. The molecule has 164 valence electrons. The molecule has 1 heterocycles. The molecule has 1 aliphatic heterocycles. The van der Waals surface area contributed by atoms with E-state index < -0.39 is 50.4 Å². The van der Waals surface area contributed by atoms with Crippen molar-refractivity contribution in [2.75, 3.05) is 0 Å². The summed E-state index contributed by atoms with van der Waals surface area (Å²) in [5.41, 5.74) is 0. The molecule has 0 N–H and O–H groups in total. The minimum atomic E-state index is -2.64. The first-order chi connectivity index (χ1) is 12.1. The molecule has 0 radical (unpaired) electrons.